The summed E-state index contributed by atoms with van der Waals surface area (Å²) < 4.78 is 1.09. The van der Waals surface area contributed by atoms with Crippen molar-refractivity contribution in [3.63, 3.8) is 0 Å². The van der Waals surface area contributed by atoms with E-state index in [1.165, 1.54) is 5.56 Å². The van der Waals surface area contributed by atoms with Crippen molar-refractivity contribution in [2.45, 2.75) is 13.1 Å². The number of rotatable bonds is 4. The Morgan fingerprint density at radius 3 is 2.53 bits per heavy atom. The minimum absolute atomic E-state index is 0.467. The summed E-state index contributed by atoms with van der Waals surface area (Å²) in [5.74, 6) is 0. The highest BCUT2D eigenvalue weighted by Crippen LogP contribution is 2.13. The third-order valence-electron chi connectivity index (χ3n) is 2.76. The van der Waals surface area contributed by atoms with Crippen molar-refractivity contribution in [1.82, 2.24) is 9.88 Å². The lowest BCUT2D eigenvalue weighted by atomic mass is 10.2. The van der Waals surface area contributed by atoms with E-state index in [9.17, 15) is 0 Å². The molecule has 0 aliphatic heterocycles. The van der Waals surface area contributed by atoms with E-state index in [4.69, 9.17) is 5.26 Å². The molecule has 4 heteroatoms. The molecule has 0 N–H and O–H groups in total. The average molecular weight is 316 g/mol. The normalized spacial score (nSPS) is 10.4. The van der Waals surface area contributed by atoms with Gasteiger partial charge in [-0.2, -0.15) is 5.26 Å². The Hall–Kier alpha value is -1.70. The Labute approximate surface area is 121 Å². The molecule has 0 fully saturated rings. The number of nitriles is 1. The molecule has 1 heterocycles. The molecule has 0 aliphatic rings. The highest BCUT2D eigenvalue weighted by molar-refractivity contribution is 9.10. The number of aromatic nitrogens is 1. The van der Waals surface area contributed by atoms with Gasteiger partial charge in [0.2, 0.25) is 0 Å². The smallest absolute Gasteiger partial charge is 0.140 e. The highest BCUT2D eigenvalue weighted by Gasteiger charge is 2.03. The van der Waals surface area contributed by atoms with E-state index in [1.807, 2.05) is 24.3 Å². The first-order chi connectivity index (χ1) is 9.17. The number of hydrogen-bond donors (Lipinski definition) is 0. The van der Waals surface area contributed by atoms with Crippen molar-refractivity contribution in [3.05, 3.63) is 63.9 Å². The van der Waals surface area contributed by atoms with E-state index < -0.39 is 0 Å². The molecule has 0 unspecified atom stereocenters. The van der Waals surface area contributed by atoms with Gasteiger partial charge < -0.3 is 0 Å². The standard InChI is InChI=1S/C15H14BrN3/c1-19(10-12-2-4-14(16)5-3-12)11-13-6-7-18-15(8-13)9-17/h2-8H,10-11H2,1H3. The van der Waals surface area contributed by atoms with Gasteiger partial charge in [0.25, 0.3) is 0 Å². The van der Waals surface area contributed by atoms with E-state index >= 15 is 0 Å². The molecule has 0 saturated carbocycles. The summed E-state index contributed by atoms with van der Waals surface area (Å²) in [5.41, 5.74) is 2.83. The molecular formula is C15H14BrN3. The second kappa shape index (κ2) is 6.46. The summed E-state index contributed by atoms with van der Waals surface area (Å²) in [7, 11) is 2.06. The molecule has 1 aromatic heterocycles. The lowest BCUT2D eigenvalue weighted by molar-refractivity contribution is 0.319. The van der Waals surface area contributed by atoms with E-state index in [0.717, 1.165) is 23.1 Å². The van der Waals surface area contributed by atoms with E-state index in [2.05, 4.69) is 51.1 Å². The Morgan fingerprint density at radius 1 is 1.16 bits per heavy atom. The van der Waals surface area contributed by atoms with Crippen LogP contribution in [0.3, 0.4) is 0 Å². The molecule has 2 rings (SSSR count). The van der Waals surface area contributed by atoms with Crippen molar-refractivity contribution < 1.29 is 0 Å². The molecule has 0 amide bonds. The quantitative estimate of drug-likeness (QED) is 0.868. The van der Waals surface area contributed by atoms with Gasteiger partial charge in [0.1, 0.15) is 11.8 Å². The molecule has 2 aromatic rings. The van der Waals surface area contributed by atoms with Crippen LogP contribution < -0.4 is 0 Å². The maximum Gasteiger partial charge on any atom is 0.140 e. The zero-order chi connectivity index (χ0) is 13.7. The topological polar surface area (TPSA) is 39.9 Å². The molecule has 3 nitrogen and oxygen atoms in total. The molecular weight excluding hydrogens is 302 g/mol. The summed E-state index contributed by atoms with van der Waals surface area (Å²) in [6, 6.07) is 14.1. The van der Waals surface area contributed by atoms with Gasteiger partial charge in [-0.3, -0.25) is 4.90 Å². The van der Waals surface area contributed by atoms with Gasteiger partial charge in [0.05, 0.1) is 0 Å². The van der Waals surface area contributed by atoms with Crippen LogP contribution in [0.5, 0.6) is 0 Å². The molecule has 0 saturated heterocycles. The number of nitrogens with zero attached hydrogens (tertiary/aromatic N) is 3. The van der Waals surface area contributed by atoms with Gasteiger partial charge in [-0.05, 0) is 42.4 Å². The molecule has 19 heavy (non-hydrogen) atoms. The third-order valence-corrected chi connectivity index (χ3v) is 3.29. The number of benzene rings is 1. The second-order valence-electron chi connectivity index (χ2n) is 4.46. The van der Waals surface area contributed by atoms with Gasteiger partial charge in [0, 0.05) is 23.8 Å². The lowest BCUT2D eigenvalue weighted by Crippen LogP contribution is -2.17. The molecule has 96 valence electrons. The van der Waals surface area contributed by atoms with Gasteiger partial charge >= 0.3 is 0 Å². The maximum atomic E-state index is 8.83. The Balaban J connectivity index is 1.99. The predicted molar refractivity (Wildman–Crippen MR) is 78.3 cm³/mol. The van der Waals surface area contributed by atoms with Crippen molar-refractivity contribution in [2.75, 3.05) is 7.05 Å². The first kappa shape index (κ1) is 13.7. The molecule has 1 aromatic carbocycles. The summed E-state index contributed by atoms with van der Waals surface area (Å²) >= 11 is 3.43. The maximum absolute atomic E-state index is 8.83. The molecule has 0 radical (unpaired) electrons. The number of hydrogen-bond acceptors (Lipinski definition) is 3. The average Bonchev–Trinajstić information content (AvgIpc) is 2.41. The van der Waals surface area contributed by atoms with Gasteiger partial charge in [-0.25, -0.2) is 4.98 Å². The number of pyridine rings is 1. The Morgan fingerprint density at radius 2 is 1.84 bits per heavy atom. The van der Waals surface area contributed by atoms with Crippen molar-refractivity contribution in [3.8, 4) is 6.07 Å². The van der Waals surface area contributed by atoms with Crippen LogP contribution >= 0.6 is 15.9 Å². The van der Waals surface area contributed by atoms with Crippen LogP contribution in [0.1, 0.15) is 16.8 Å². The molecule has 0 bridgehead atoms. The summed E-state index contributed by atoms with van der Waals surface area (Å²) in [6.45, 7) is 1.67. The fraction of sp³-hybridized carbons (Fsp3) is 0.200. The zero-order valence-corrected chi connectivity index (χ0v) is 12.3. The monoisotopic (exact) mass is 315 g/mol. The van der Waals surface area contributed by atoms with Crippen molar-refractivity contribution >= 4 is 15.9 Å². The fourth-order valence-electron chi connectivity index (χ4n) is 1.90. The Kier molecular flexibility index (Phi) is 4.67. The van der Waals surface area contributed by atoms with Gasteiger partial charge in [-0.15, -0.1) is 0 Å². The number of halogens is 1. The summed E-state index contributed by atoms with van der Waals surface area (Å²) in [6.07, 6.45) is 1.68. The van der Waals surface area contributed by atoms with Gasteiger partial charge in [-0.1, -0.05) is 28.1 Å². The predicted octanol–water partition coefficient (Wildman–Crippen LogP) is 3.35. The first-order valence-electron chi connectivity index (χ1n) is 5.95. The molecule has 0 aliphatic carbocycles. The zero-order valence-electron chi connectivity index (χ0n) is 10.7. The minimum atomic E-state index is 0.467. The fourth-order valence-corrected chi connectivity index (χ4v) is 2.17. The highest BCUT2D eigenvalue weighted by atomic mass is 79.9. The largest absolute Gasteiger partial charge is 0.298 e. The van der Waals surface area contributed by atoms with Crippen LogP contribution in [0.2, 0.25) is 0 Å². The second-order valence-corrected chi connectivity index (χ2v) is 5.38. The van der Waals surface area contributed by atoms with Crippen LogP contribution in [-0.2, 0) is 13.1 Å². The van der Waals surface area contributed by atoms with E-state index in [0.29, 0.717) is 5.69 Å². The SMILES string of the molecule is CN(Cc1ccc(Br)cc1)Cc1ccnc(C#N)c1. The first-order valence-corrected chi connectivity index (χ1v) is 6.74. The van der Waals surface area contributed by atoms with Crippen LogP contribution in [-0.4, -0.2) is 16.9 Å². The van der Waals surface area contributed by atoms with Gasteiger partial charge in [0.15, 0.2) is 0 Å². The van der Waals surface area contributed by atoms with Crippen LogP contribution in [0.4, 0.5) is 0 Å². The molecule has 0 spiro atoms. The van der Waals surface area contributed by atoms with E-state index in [1.54, 1.807) is 6.20 Å². The summed E-state index contributed by atoms with van der Waals surface area (Å²) in [4.78, 5) is 6.18. The van der Waals surface area contributed by atoms with Crippen LogP contribution in [0, 0.1) is 11.3 Å². The minimum Gasteiger partial charge on any atom is -0.298 e. The third kappa shape index (κ3) is 4.16. The lowest BCUT2D eigenvalue weighted by Gasteiger charge is -2.16. The van der Waals surface area contributed by atoms with Crippen LogP contribution in [0.15, 0.2) is 47.1 Å². The van der Waals surface area contributed by atoms with Crippen LogP contribution in [0.25, 0.3) is 0 Å². The summed E-state index contributed by atoms with van der Waals surface area (Å²) in [5, 5.41) is 8.83. The van der Waals surface area contributed by atoms with Crippen molar-refractivity contribution in [2.24, 2.45) is 0 Å². The van der Waals surface area contributed by atoms with Crippen molar-refractivity contribution in [1.29, 1.82) is 5.26 Å². The van der Waals surface area contributed by atoms with E-state index in [-0.39, 0.29) is 0 Å². The Bertz CT molecular complexity index is 587. The molecule has 0 atom stereocenters.